The van der Waals surface area contributed by atoms with Gasteiger partial charge in [-0.25, -0.2) is 0 Å². The summed E-state index contributed by atoms with van der Waals surface area (Å²) >= 11 is 11.9. The Labute approximate surface area is 112 Å². The molecule has 1 atom stereocenters. The van der Waals surface area contributed by atoms with Crippen molar-refractivity contribution < 1.29 is 10.2 Å². The average molecular weight is 277 g/mol. The topological polar surface area (TPSA) is 40.5 Å². The summed E-state index contributed by atoms with van der Waals surface area (Å²) in [6.07, 6.45) is 0.469. The minimum atomic E-state index is -1.06. The molecule has 0 saturated heterocycles. The third-order valence-corrected chi connectivity index (χ3v) is 3.87. The molecule has 0 fully saturated rings. The van der Waals surface area contributed by atoms with E-state index in [1.807, 2.05) is 13.8 Å². The molecule has 1 aromatic carbocycles. The summed E-state index contributed by atoms with van der Waals surface area (Å²) in [6.45, 7) is 3.71. The molecule has 0 amide bonds. The van der Waals surface area contributed by atoms with Crippen LogP contribution in [0.3, 0.4) is 0 Å². The second-order valence-corrected chi connectivity index (χ2v) is 5.11. The molecule has 0 aliphatic carbocycles. The number of benzene rings is 1. The van der Waals surface area contributed by atoms with E-state index in [0.29, 0.717) is 29.3 Å². The molecule has 2 nitrogen and oxygen atoms in total. The van der Waals surface area contributed by atoms with Crippen molar-refractivity contribution in [3.05, 3.63) is 33.8 Å². The highest BCUT2D eigenvalue weighted by molar-refractivity contribution is 6.33. The highest BCUT2D eigenvalue weighted by atomic mass is 35.5. The number of halogens is 2. The molecule has 4 heteroatoms. The highest BCUT2D eigenvalue weighted by Crippen LogP contribution is 2.27. The SMILES string of the molecule is CCC(O)(CC)C(O)Cc1cc(Cl)ccc1Cl. The van der Waals surface area contributed by atoms with E-state index in [0.717, 1.165) is 5.56 Å². The maximum absolute atomic E-state index is 10.2. The summed E-state index contributed by atoms with van der Waals surface area (Å²) in [5, 5.41) is 21.4. The van der Waals surface area contributed by atoms with Crippen molar-refractivity contribution in [1.29, 1.82) is 0 Å². The molecule has 96 valence electrons. The number of rotatable bonds is 5. The number of hydrogen-bond donors (Lipinski definition) is 2. The van der Waals surface area contributed by atoms with Gasteiger partial charge in [0.15, 0.2) is 0 Å². The van der Waals surface area contributed by atoms with Crippen LogP contribution in [0.1, 0.15) is 32.3 Å². The van der Waals surface area contributed by atoms with Crippen LogP contribution in [0.25, 0.3) is 0 Å². The summed E-state index contributed by atoms with van der Waals surface area (Å²) in [7, 11) is 0. The normalized spacial score (nSPS) is 13.8. The Bertz CT molecular complexity index is 376. The van der Waals surface area contributed by atoms with Crippen molar-refractivity contribution in [3.63, 3.8) is 0 Å². The molecule has 0 aromatic heterocycles. The molecule has 0 spiro atoms. The van der Waals surface area contributed by atoms with Gasteiger partial charge in [0.1, 0.15) is 0 Å². The first-order chi connectivity index (χ1) is 7.92. The summed E-state index contributed by atoms with van der Waals surface area (Å²) in [4.78, 5) is 0. The minimum Gasteiger partial charge on any atom is -0.390 e. The van der Waals surface area contributed by atoms with E-state index in [1.165, 1.54) is 0 Å². The van der Waals surface area contributed by atoms with E-state index in [-0.39, 0.29) is 0 Å². The van der Waals surface area contributed by atoms with Crippen molar-refractivity contribution in [2.45, 2.75) is 44.8 Å². The van der Waals surface area contributed by atoms with Crippen LogP contribution in [-0.4, -0.2) is 21.9 Å². The van der Waals surface area contributed by atoms with Crippen LogP contribution < -0.4 is 0 Å². The van der Waals surface area contributed by atoms with E-state index in [9.17, 15) is 10.2 Å². The van der Waals surface area contributed by atoms with Gasteiger partial charge < -0.3 is 10.2 Å². The van der Waals surface area contributed by atoms with Gasteiger partial charge in [-0.1, -0.05) is 37.0 Å². The third-order valence-electron chi connectivity index (χ3n) is 3.27. The van der Waals surface area contributed by atoms with Crippen LogP contribution in [0, 0.1) is 0 Å². The summed E-state index contributed by atoms with van der Waals surface area (Å²) in [5.74, 6) is 0. The Morgan fingerprint density at radius 1 is 1.24 bits per heavy atom. The first kappa shape index (κ1) is 14.8. The van der Waals surface area contributed by atoms with Gasteiger partial charge in [0.25, 0.3) is 0 Å². The summed E-state index contributed by atoms with van der Waals surface area (Å²) in [5.41, 5.74) is -0.307. The minimum absolute atomic E-state index is 0.303. The second kappa shape index (κ2) is 6.05. The molecule has 0 aliphatic heterocycles. The molecule has 17 heavy (non-hydrogen) atoms. The maximum Gasteiger partial charge on any atom is 0.0903 e. The fraction of sp³-hybridized carbons (Fsp3) is 0.538. The molecule has 0 heterocycles. The van der Waals surface area contributed by atoms with Gasteiger partial charge in [-0.05, 0) is 36.6 Å². The Hall–Kier alpha value is -0.280. The van der Waals surface area contributed by atoms with Gasteiger partial charge in [0, 0.05) is 16.5 Å². The van der Waals surface area contributed by atoms with Gasteiger partial charge in [0.05, 0.1) is 11.7 Å². The van der Waals surface area contributed by atoms with Crippen molar-refractivity contribution >= 4 is 23.2 Å². The standard InChI is InChI=1S/C13H18Cl2O2/c1-3-13(17,4-2)12(16)8-9-7-10(14)5-6-11(9)15/h5-7,12,16-17H,3-4,8H2,1-2H3. The molecule has 2 N–H and O–H groups in total. The Balaban J connectivity index is 2.87. The van der Waals surface area contributed by atoms with Crippen LogP contribution in [0.2, 0.25) is 10.0 Å². The first-order valence-electron chi connectivity index (χ1n) is 5.77. The van der Waals surface area contributed by atoms with Crippen molar-refractivity contribution in [2.75, 3.05) is 0 Å². The van der Waals surface area contributed by atoms with Crippen molar-refractivity contribution in [1.82, 2.24) is 0 Å². The first-order valence-corrected chi connectivity index (χ1v) is 6.53. The van der Waals surface area contributed by atoms with Gasteiger partial charge in [-0.2, -0.15) is 0 Å². The van der Waals surface area contributed by atoms with E-state index < -0.39 is 11.7 Å². The monoisotopic (exact) mass is 276 g/mol. The zero-order valence-corrected chi connectivity index (χ0v) is 11.6. The summed E-state index contributed by atoms with van der Waals surface area (Å²) < 4.78 is 0. The second-order valence-electron chi connectivity index (χ2n) is 4.27. The molecular formula is C13H18Cl2O2. The van der Waals surface area contributed by atoms with Crippen LogP contribution >= 0.6 is 23.2 Å². The molecule has 0 aliphatic rings. The molecule has 0 bridgehead atoms. The quantitative estimate of drug-likeness (QED) is 0.865. The van der Waals surface area contributed by atoms with Crippen LogP contribution in [-0.2, 0) is 6.42 Å². The number of aliphatic hydroxyl groups excluding tert-OH is 1. The predicted octanol–water partition coefficient (Wildman–Crippen LogP) is 3.45. The van der Waals surface area contributed by atoms with Crippen LogP contribution in [0.15, 0.2) is 18.2 Å². The fourth-order valence-electron chi connectivity index (χ4n) is 1.82. The number of hydrogen-bond acceptors (Lipinski definition) is 2. The lowest BCUT2D eigenvalue weighted by Gasteiger charge is -2.31. The van der Waals surface area contributed by atoms with Crippen molar-refractivity contribution in [2.24, 2.45) is 0 Å². The molecule has 0 radical (unpaired) electrons. The molecule has 0 saturated carbocycles. The van der Waals surface area contributed by atoms with E-state index in [1.54, 1.807) is 18.2 Å². The number of aliphatic hydroxyl groups is 2. The lowest BCUT2D eigenvalue weighted by molar-refractivity contribution is -0.0790. The molecule has 1 aromatic rings. The van der Waals surface area contributed by atoms with Gasteiger partial charge in [-0.15, -0.1) is 0 Å². The summed E-state index contributed by atoms with van der Waals surface area (Å²) in [6, 6.07) is 5.12. The molecule has 1 unspecified atom stereocenters. The molecule has 1 rings (SSSR count). The van der Waals surface area contributed by atoms with E-state index >= 15 is 0 Å². The average Bonchev–Trinajstić information content (AvgIpc) is 2.32. The van der Waals surface area contributed by atoms with Gasteiger partial charge >= 0.3 is 0 Å². The fourth-order valence-corrected chi connectivity index (χ4v) is 2.21. The van der Waals surface area contributed by atoms with Gasteiger partial charge in [0.2, 0.25) is 0 Å². The smallest absolute Gasteiger partial charge is 0.0903 e. The zero-order chi connectivity index (χ0) is 13.1. The highest BCUT2D eigenvalue weighted by Gasteiger charge is 2.32. The van der Waals surface area contributed by atoms with Gasteiger partial charge in [-0.3, -0.25) is 0 Å². The van der Waals surface area contributed by atoms with Crippen LogP contribution in [0.5, 0.6) is 0 Å². The lowest BCUT2D eigenvalue weighted by atomic mass is 9.87. The largest absolute Gasteiger partial charge is 0.390 e. The Kier molecular flexibility index (Phi) is 5.26. The van der Waals surface area contributed by atoms with Crippen LogP contribution in [0.4, 0.5) is 0 Å². The maximum atomic E-state index is 10.2. The predicted molar refractivity (Wildman–Crippen MR) is 71.7 cm³/mol. The molecular weight excluding hydrogens is 259 g/mol. The third kappa shape index (κ3) is 3.59. The van der Waals surface area contributed by atoms with E-state index in [4.69, 9.17) is 23.2 Å². The Morgan fingerprint density at radius 3 is 2.35 bits per heavy atom. The lowest BCUT2D eigenvalue weighted by Crippen LogP contribution is -2.42. The zero-order valence-electron chi connectivity index (χ0n) is 10.1. The van der Waals surface area contributed by atoms with E-state index in [2.05, 4.69) is 0 Å². The van der Waals surface area contributed by atoms with Crippen molar-refractivity contribution in [3.8, 4) is 0 Å². The Morgan fingerprint density at radius 2 is 1.82 bits per heavy atom.